The van der Waals surface area contributed by atoms with Gasteiger partial charge in [-0.25, -0.2) is 0 Å². The highest BCUT2D eigenvalue weighted by molar-refractivity contribution is 7.14. The van der Waals surface area contributed by atoms with E-state index in [1.165, 1.54) is 0 Å². The lowest BCUT2D eigenvalue weighted by Gasteiger charge is -2.46. The van der Waals surface area contributed by atoms with Crippen molar-refractivity contribution < 1.29 is 4.74 Å². The summed E-state index contributed by atoms with van der Waals surface area (Å²) in [5, 5.41) is 21.3. The number of H-pyrrole nitrogens is 1. The number of nitrogens with zero attached hydrogens (tertiary/aromatic N) is 3. The van der Waals surface area contributed by atoms with Gasteiger partial charge in [0.05, 0.1) is 11.1 Å². The number of halogens is 2. The van der Waals surface area contributed by atoms with Crippen molar-refractivity contribution in [3.05, 3.63) is 36.0 Å². The number of piperidine rings is 1. The van der Waals surface area contributed by atoms with Crippen LogP contribution in [0.25, 0.3) is 21.7 Å². The van der Waals surface area contributed by atoms with Gasteiger partial charge in [0.1, 0.15) is 11.8 Å². The zero-order valence-corrected chi connectivity index (χ0v) is 19.4. The molecular formula is C20H27Cl2N5OS. The van der Waals surface area contributed by atoms with Crippen LogP contribution in [-0.2, 0) is 0 Å². The van der Waals surface area contributed by atoms with Gasteiger partial charge in [0, 0.05) is 41.7 Å². The second-order valence-corrected chi connectivity index (χ2v) is 9.40. The van der Waals surface area contributed by atoms with E-state index in [9.17, 15) is 0 Å². The molecular weight excluding hydrogens is 429 g/mol. The fourth-order valence-electron chi connectivity index (χ4n) is 4.03. The minimum Gasteiger partial charge on any atom is -0.473 e. The van der Waals surface area contributed by atoms with Gasteiger partial charge in [-0.1, -0.05) is 0 Å². The van der Waals surface area contributed by atoms with E-state index in [-0.39, 0.29) is 42.0 Å². The van der Waals surface area contributed by atoms with Crippen LogP contribution in [0.1, 0.15) is 40.5 Å². The molecule has 0 spiro atoms. The molecule has 0 atom stereocenters. The van der Waals surface area contributed by atoms with Crippen molar-refractivity contribution in [3.63, 3.8) is 0 Å². The van der Waals surface area contributed by atoms with Crippen LogP contribution in [0.4, 0.5) is 0 Å². The molecule has 2 N–H and O–H groups in total. The SMILES string of the molecule is CC1(C)CC(Oc2ccc(-c3cc(-c4cn[nH]c4)cs3)nn2)CC(C)(C)N1.Cl.Cl. The Kier molecular flexibility index (Phi) is 7.32. The quantitative estimate of drug-likeness (QED) is 0.570. The van der Waals surface area contributed by atoms with Crippen molar-refractivity contribution in [1.82, 2.24) is 25.7 Å². The Bertz CT molecular complexity index is 893. The standard InChI is InChI=1S/C20H25N5OS.2ClH/c1-19(2)8-15(9-20(3,4)25-19)26-18-6-5-16(23-24-18)17-7-13(12-27-17)14-10-21-22-11-14;;/h5-7,10-12,15,25H,8-9H2,1-4H3,(H,21,22);2*1H. The number of thiophene rings is 1. The van der Waals surface area contributed by atoms with E-state index in [2.05, 4.69) is 64.9 Å². The van der Waals surface area contributed by atoms with Crippen LogP contribution in [0.5, 0.6) is 5.88 Å². The molecule has 1 aliphatic rings. The van der Waals surface area contributed by atoms with Crippen molar-refractivity contribution in [2.75, 3.05) is 0 Å². The minimum absolute atomic E-state index is 0. The highest BCUT2D eigenvalue weighted by Gasteiger charge is 2.38. The summed E-state index contributed by atoms with van der Waals surface area (Å²) in [7, 11) is 0. The Labute approximate surface area is 187 Å². The van der Waals surface area contributed by atoms with E-state index in [4.69, 9.17) is 4.74 Å². The fraction of sp³-hybridized carbons (Fsp3) is 0.450. The summed E-state index contributed by atoms with van der Waals surface area (Å²) in [6.45, 7) is 8.86. The minimum atomic E-state index is 0. The molecule has 4 rings (SSSR count). The van der Waals surface area contributed by atoms with Crippen LogP contribution in [0.3, 0.4) is 0 Å². The molecule has 4 heterocycles. The van der Waals surface area contributed by atoms with Crippen LogP contribution in [0, 0.1) is 0 Å². The van der Waals surface area contributed by atoms with Gasteiger partial charge in [-0.05, 0) is 50.8 Å². The van der Waals surface area contributed by atoms with Gasteiger partial charge >= 0.3 is 0 Å². The molecule has 0 bridgehead atoms. The zero-order valence-electron chi connectivity index (χ0n) is 16.9. The molecule has 3 aromatic rings. The maximum absolute atomic E-state index is 6.16. The number of nitrogens with one attached hydrogen (secondary N) is 2. The summed E-state index contributed by atoms with van der Waals surface area (Å²) < 4.78 is 6.16. The predicted molar refractivity (Wildman–Crippen MR) is 122 cm³/mol. The molecule has 0 aromatic carbocycles. The Hall–Kier alpha value is -1.67. The molecule has 158 valence electrons. The van der Waals surface area contributed by atoms with E-state index in [0.717, 1.165) is 34.5 Å². The molecule has 0 amide bonds. The van der Waals surface area contributed by atoms with Crippen LogP contribution in [0.15, 0.2) is 36.0 Å². The summed E-state index contributed by atoms with van der Waals surface area (Å²) in [4.78, 5) is 1.08. The van der Waals surface area contributed by atoms with Crippen molar-refractivity contribution in [3.8, 4) is 27.6 Å². The number of aromatic nitrogens is 4. The van der Waals surface area contributed by atoms with E-state index in [0.29, 0.717) is 5.88 Å². The summed E-state index contributed by atoms with van der Waals surface area (Å²) in [5.41, 5.74) is 3.14. The highest BCUT2D eigenvalue weighted by Crippen LogP contribution is 2.33. The van der Waals surface area contributed by atoms with Crippen LogP contribution in [0.2, 0.25) is 0 Å². The largest absolute Gasteiger partial charge is 0.473 e. The van der Waals surface area contributed by atoms with Gasteiger partial charge in [-0.2, -0.15) is 5.10 Å². The first kappa shape index (κ1) is 23.6. The first-order valence-corrected chi connectivity index (χ1v) is 10.1. The Balaban J connectivity index is 0.00000150. The van der Waals surface area contributed by atoms with Crippen LogP contribution >= 0.6 is 36.2 Å². The van der Waals surface area contributed by atoms with E-state index >= 15 is 0 Å². The number of hydrogen-bond acceptors (Lipinski definition) is 6. The Morgan fingerprint density at radius 2 is 1.76 bits per heavy atom. The average Bonchev–Trinajstić information content (AvgIpc) is 3.24. The average molecular weight is 456 g/mol. The second kappa shape index (κ2) is 9.00. The third-order valence-electron chi connectivity index (χ3n) is 4.76. The topological polar surface area (TPSA) is 75.7 Å². The Morgan fingerprint density at radius 3 is 2.34 bits per heavy atom. The van der Waals surface area contributed by atoms with Crippen LogP contribution in [-0.4, -0.2) is 37.6 Å². The monoisotopic (exact) mass is 455 g/mol. The lowest BCUT2D eigenvalue weighted by molar-refractivity contribution is 0.0524. The molecule has 1 saturated heterocycles. The van der Waals surface area contributed by atoms with Crippen molar-refractivity contribution in [1.29, 1.82) is 0 Å². The molecule has 0 aliphatic carbocycles. The van der Waals surface area contributed by atoms with Crippen LogP contribution < -0.4 is 10.1 Å². The van der Waals surface area contributed by atoms with Gasteiger partial charge in [0.25, 0.3) is 0 Å². The molecule has 1 aliphatic heterocycles. The number of hydrogen-bond donors (Lipinski definition) is 2. The summed E-state index contributed by atoms with van der Waals surface area (Å²) in [5.74, 6) is 0.587. The molecule has 1 fully saturated rings. The maximum Gasteiger partial charge on any atom is 0.233 e. The molecule has 3 aromatic heterocycles. The summed E-state index contributed by atoms with van der Waals surface area (Å²) in [6.07, 6.45) is 5.72. The number of aromatic amines is 1. The molecule has 0 saturated carbocycles. The first-order valence-electron chi connectivity index (χ1n) is 9.18. The number of ether oxygens (including phenoxy) is 1. The third kappa shape index (κ3) is 5.69. The van der Waals surface area contributed by atoms with Gasteiger partial charge in [0.2, 0.25) is 5.88 Å². The third-order valence-corrected chi connectivity index (χ3v) is 5.72. The lowest BCUT2D eigenvalue weighted by atomic mass is 9.81. The fourth-order valence-corrected chi connectivity index (χ4v) is 4.91. The van der Waals surface area contributed by atoms with Gasteiger partial charge < -0.3 is 10.1 Å². The molecule has 29 heavy (non-hydrogen) atoms. The lowest BCUT2D eigenvalue weighted by Crippen LogP contribution is -2.60. The smallest absolute Gasteiger partial charge is 0.233 e. The van der Waals surface area contributed by atoms with Gasteiger partial charge in [-0.15, -0.1) is 46.3 Å². The summed E-state index contributed by atoms with van der Waals surface area (Å²) >= 11 is 1.65. The zero-order chi connectivity index (χ0) is 19.1. The first-order chi connectivity index (χ1) is 12.8. The molecule has 6 nitrogen and oxygen atoms in total. The highest BCUT2D eigenvalue weighted by atomic mass is 35.5. The summed E-state index contributed by atoms with van der Waals surface area (Å²) in [6, 6.07) is 6.00. The predicted octanol–water partition coefficient (Wildman–Crippen LogP) is 5.13. The van der Waals surface area contributed by atoms with E-state index < -0.39 is 0 Å². The molecule has 9 heteroatoms. The molecule has 0 unspecified atom stereocenters. The molecule has 0 radical (unpaired) electrons. The maximum atomic E-state index is 6.16. The van der Waals surface area contributed by atoms with Gasteiger partial charge in [0.15, 0.2) is 0 Å². The number of rotatable bonds is 4. The normalized spacial score (nSPS) is 17.8. The van der Waals surface area contributed by atoms with Crippen molar-refractivity contribution >= 4 is 36.2 Å². The van der Waals surface area contributed by atoms with E-state index in [1.807, 2.05) is 24.5 Å². The van der Waals surface area contributed by atoms with Crippen molar-refractivity contribution in [2.24, 2.45) is 0 Å². The van der Waals surface area contributed by atoms with Gasteiger partial charge in [-0.3, -0.25) is 5.10 Å². The van der Waals surface area contributed by atoms with Crippen molar-refractivity contribution in [2.45, 2.75) is 57.7 Å². The Morgan fingerprint density at radius 1 is 1.03 bits per heavy atom. The second-order valence-electron chi connectivity index (χ2n) is 8.48. The van der Waals surface area contributed by atoms with E-state index in [1.54, 1.807) is 11.3 Å².